The molecule has 0 saturated heterocycles. The van der Waals surface area contributed by atoms with Crippen molar-refractivity contribution in [2.24, 2.45) is 0 Å². The molecule has 0 fully saturated rings. The summed E-state index contributed by atoms with van der Waals surface area (Å²) in [5.74, 6) is -0.333. The fourth-order valence-electron chi connectivity index (χ4n) is 1.57. The normalized spacial score (nSPS) is 9.95. The fraction of sp³-hybridized carbons (Fsp3) is 0.0769. The van der Waals surface area contributed by atoms with Crippen LogP contribution >= 0.6 is 0 Å². The Bertz CT molecular complexity index is 626. The fourth-order valence-corrected chi connectivity index (χ4v) is 1.57. The number of amides is 1. The Morgan fingerprint density at radius 3 is 2.63 bits per heavy atom. The second-order valence-corrected chi connectivity index (χ2v) is 3.91. The maximum atomic E-state index is 11.9. The topological polar surface area (TPSA) is 85.1 Å². The molecule has 0 radical (unpaired) electrons. The Labute approximate surface area is 109 Å². The lowest BCUT2D eigenvalue weighted by molar-refractivity contribution is -0.385. The summed E-state index contributed by atoms with van der Waals surface area (Å²) >= 11 is 0. The molecule has 2 rings (SSSR count). The van der Waals surface area contributed by atoms with E-state index in [2.05, 4.69) is 10.3 Å². The van der Waals surface area contributed by atoms with Crippen molar-refractivity contribution >= 4 is 17.3 Å². The summed E-state index contributed by atoms with van der Waals surface area (Å²) < 4.78 is 0. The summed E-state index contributed by atoms with van der Waals surface area (Å²) in [4.78, 5) is 26.0. The van der Waals surface area contributed by atoms with Gasteiger partial charge in [-0.1, -0.05) is 18.2 Å². The minimum absolute atomic E-state index is 0.120. The van der Waals surface area contributed by atoms with Crippen molar-refractivity contribution in [3.63, 3.8) is 0 Å². The van der Waals surface area contributed by atoms with Crippen LogP contribution in [0.1, 0.15) is 16.1 Å². The Morgan fingerprint density at radius 2 is 2.00 bits per heavy atom. The van der Waals surface area contributed by atoms with Gasteiger partial charge in [-0.05, 0) is 19.1 Å². The molecule has 6 heteroatoms. The number of carbonyl (C=O) groups excluding carboxylic acids is 1. The van der Waals surface area contributed by atoms with Gasteiger partial charge in [0.05, 0.1) is 16.8 Å². The molecule has 6 nitrogen and oxygen atoms in total. The Morgan fingerprint density at radius 1 is 1.32 bits per heavy atom. The largest absolute Gasteiger partial charge is 0.320 e. The average Bonchev–Trinajstić information content (AvgIpc) is 2.41. The van der Waals surface area contributed by atoms with Crippen LogP contribution in [0.15, 0.2) is 42.6 Å². The predicted octanol–water partition coefficient (Wildman–Crippen LogP) is 2.55. The van der Waals surface area contributed by atoms with Gasteiger partial charge in [-0.2, -0.15) is 0 Å². The molecule has 1 aromatic heterocycles. The number of hydrogen-bond donors (Lipinski definition) is 1. The first kappa shape index (κ1) is 12.7. The standard InChI is InChI=1S/C13H11N3O3/c1-9-12(16(18)19)7-11(8-14-9)15-13(17)10-5-3-2-4-6-10/h2-8H,1H3,(H,15,17). The number of nitrogens with zero attached hydrogens (tertiary/aromatic N) is 2. The quantitative estimate of drug-likeness (QED) is 0.676. The summed E-state index contributed by atoms with van der Waals surface area (Å²) in [5.41, 5.74) is 0.963. The van der Waals surface area contributed by atoms with E-state index in [4.69, 9.17) is 0 Å². The van der Waals surface area contributed by atoms with Crippen LogP contribution in [-0.2, 0) is 0 Å². The molecule has 0 bridgehead atoms. The van der Waals surface area contributed by atoms with Crippen LogP contribution in [0.3, 0.4) is 0 Å². The van der Waals surface area contributed by atoms with Gasteiger partial charge in [-0.3, -0.25) is 19.9 Å². The van der Waals surface area contributed by atoms with Gasteiger partial charge in [0, 0.05) is 11.6 Å². The van der Waals surface area contributed by atoms with Crippen LogP contribution in [0.2, 0.25) is 0 Å². The molecular weight excluding hydrogens is 246 g/mol. The summed E-state index contributed by atoms with van der Waals surface area (Å²) in [7, 11) is 0. The van der Waals surface area contributed by atoms with Crippen molar-refractivity contribution in [3.8, 4) is 0 Å². The molecule has 0 saturated carbocycles. The molecule has 0 aliphatic carbocycles. The third kappa shape index (κ3) is 2.92. The molecule has 1 N–H and O–H groups in total. The SMILES string of the molecule is Cc1ncc(NC(=O)c2ccccc2)cc1[N+](=O)[O-]. The third-order valence-electron chi connectivity index (χ3n) is 2.55. The number of rotatable bonds is 3. The number of carbonyl (C=O) groups is 1. The molecule has 0 atom stereocenters. The third-order valence-corrected chi connectivity index (χ3v) is 2.55. The Balaban J connectivity index is 2.23. The molecule has 0 unspecified atom stereocenters. The number of nitro groups is 1. The van der Waals surface area contributed by atoms with Gasteiger partial charge in [-0.15, -0.1) is 0 Å². The van der Waals surface area contributed by atoms with E-state index in [0.29, 0.717) is 16.9 Å². The van der Waals surface area contributed by atoms with Crippen LogP contribution in [0.5, 0.6) is 0 Å². The van der Waals surface area contributed by atoms with Crippen LogP contribution in [0.25, 0.3) is 0 Å². The van der Waals surface area contributed by atoms with E-state index in [-0.39, 0.29) is 11.6 Å². The van der Waals surface area contributed by atoms with Crippen molar-refractivity contribution in [2.75, 3.05) is 5.32 Å². The zero-order valence-corrected chi connectivity index (χ0v) is 10.2. The zero-order chi connectivity index (χ0) is 13.8. The number of nitrogens with one attached hydrogen (secondary N) is 1. The molecular formula is C13H11N3O3. The first-order valence-corrected chi connectivity index (χ1v) is 5.55. The number of hydrogen-bond acceptors (Lipinski definition) is 4. The molecule has 0 spiro atoms. The van der Waals surface area contributed by atoms with E-state index in [9.17, 15) is 14.9 Å². The number of pyridine rings is 1. The minimum atomic E-state index is -0.527. The Kier molecular flexibility index (Phi) is 3.51. The molecule has 1 heterocycles. The van der Waals surface area contributed by atoms with Crippen LogP contribution < -0.4 is 5.32 Å². The number of benzene rings is 1. The Hall–Kier alpha value is -2.76. The van der Waals surface area contributed by atoms with Gasteiger partial charge in [0.25, 0.3) is 11.6 Å². The zero-order valence-electron chi connectivity index (χ0n) is 10.2. The van der Waals surface area contributed by atoms with Crippen LogP contribution in [-0.4, -0.2) is 15.8 Å². The molecule has 0 aliphatic rings. The highest BCUT2D eigenvalue weighted by atomic mass is 16.6. The smallest absolute Gasteiger partial charge is 0.292 e. The van der Waals surface area contributed by atoms with Crippen molar-refractivity contribution in [3.05, 3.63) is 64.0 Å². The minimum Gasteiger partial charge on any atom is -0.320 e. The van der Waals surface area contributed by atoms with E-state index in [1.165, 1.54) is 12.3 Å². The maximum absolute atomic E-state index is 11.9. The number of anilines is 1. The first-order chi connectivity index (χ1) is 9.08. The van der Waals surface area contributed by atoms with Gasteiger partial charge < -0.3 is 5.32 Å². The highest BCUT2D eigenvalue weighted by molar-refractivity contribution is 6.04. The van der Waals surface area contributed by atoms with Crippen molar-refractivity contribution in [2.45, 2.75) is 6.92 Å². The summed E-state index contributed by atoms with van der Waals surface area (Å²) in [6, 6.07) is 9.89. The van der Waals surface area contributed by atoms with Gasteiger partial charge in [0.15, 0.2) is 0 Å². The van der Waals surface area contributed by atoms with E-state index in [1.54, 1.807) is 37.3 Å². The van der Waals surface area contributed by atoms with E-state index >= 15 is 0 Å². The molecule has 2 aromatic rings. The number of aromatic nitrogens is 1. The first-order valence-electron chi connectivity index (χ1n) is 5.55. The predicted molar refractivity (Wildman–Crippen MR) is 70.0 cm³/mol. The molecule has 1 aromatic carbocycles. The van der Waals surface area contributed by atoms with Crippen molar-refractivity contribution in [1.29, 1.82) is 0 Å². The van der Waals surface area contributed by atoms with Gasteiger partial charge >= 0.3 is 0 Å². The van der Waals surface area contributed by atoms with Crippen molar-refractivity contribution in [1.82, 2.24) is 4.98 Å². The van der Waals surface area contributed by atoms with Crippen molar-refractivity contribution < 1.29 is 9.72 Å². The summed E-state index contributed by atoms with van der Waals surface area (Å²) in [5, 5.41) is 13.4. The highest BCUT2D eigenvalue weighted by Gasteiger charge is 2.14. The average molecular weight is 257 g/mol. The number of aryl methyl sites for hydroxylation is 1. The lowest BCUT2D eigenvalue weighted by atomic mass is 10.2. The second kappa shape index (κ2) is 5.26. The van der Waals surface area contributed by atoms with E-state index in [1.807, 2.05) is 0 Å². The van der Waals surface area contributed by atoms with Gasteiger partial charge in [0.2, 0.25) is 0 Å². The lowest BCUT2D eigenvalue weighted by Gasteiger charge is -2.05. The van der Waals surface area contributed by atoms with E-state index in [0.717, 1.165) is 0 Å². The van der Waals surface area contributed by atoms with Gasteiger partial charge in [-0.25, -0.2) is 0 Å². The molecule has 19 heavy (non-hydrogen) atoms. The monoisotopic (exact) mass is 257 g/mol. The van der Waals surface area contributed by atoms with Crippen LogP contribution in [0, 0.1) is 17.0 Å². The van der Waals surface area contributed by atoms with Crippen LogP contribution in [0.4, 0.5) is 11.4 Å². The summed E-state index contributed by atoms with van der Waals surface area (Å²) in [6.07, 6.45) is 1.39. The van der Waals surface area contributed by atoms with Gasteiger partial charge in [0.1, 0.15) is 5.69 Å². The molecule has 96 valence electrons. The molecule has 0 aliphatic heterocycles. The summed E-state index contributed by atoms with van der Waals surface area (Å²) in [6.45, 7) is 1.54. The lowest BCUT2D eigenvalue weighted by Crippen LogP contribution is -2.12. The van der Waals surface area contributed by atoms with E-state index < -0.39 is 4.92 Å². The maximum Gasteiger partial charge on any atom is 0.292 e. The second-order valence-electron chi connectivity index (χ2n) is 3.91. The highest BCUT2D eigenvalue weighted by Crippen LogP contribution is 2.20. The molecule has 1 amide bonds.